The van der Waals surface area contributed by atoms with Gasteiger partial charge >= 0.3 is 0 Å². The Bertz CT molecular complexity index is 804. The second-order valence-corrected chi connectivity index (χ2v) is 8.62. The SMILES string of the molecule is O=C(Nc1ccc(F)cc1)[C@@H]1CCCCN1S(=O)(=O)c1cccs1. The number of hydrogen-bond donors (Lipinski definition) is 1. The predicted octanol–water partition coefficient (Wildman–Crippen LogP) is 3.07. The van der Waals surface area contributed by atoms with Crippen molar-refractivity contribution < 1.29 is 17.6 Å². The first kappa shape index (κ1) is 17.1. The van der Waals surface area contributed by atoms with Gasteiger partial charge in [0.05, 0.1) is 0 Å². The third kappa shape index (κ3) is 3.50. The molecular formula is C16H17FN2O3S2. The second kappa shape index (κ2) is 7.00. The van der Waals surface area contributed by atoms with E-state index in [-0.39, 0.29) is 10.1 Å². The molecular weight excluding hydrogens is 351 g/mol. The number of carbonyl (C=O) groups excluding carboxylic acids is 1. The molecule has 0 saturated carbocycles. The first-order chi connectivity index (χ1) is 11.5. The van der Waals surface area contributed by atoms with E-state index in [1.54, 1.807) is 17.5 Å². The van der Waals surface area contributed by atoms with Crippen molar-refractivity contribution in [1.82, 2.24) is 4.31 Å². The van der Waals surface area contributed by atoms with Crippen LogP contribution in [0.1, 0.15) is 19.3 Å². The Morgan fingerprint density at radius 2 is 1.96 bits per heavy atom. The lowest BCUT2D eigenvalue weighted by Gasteiger charge is -2.33. The molecule has 1 aromatic carbocycles. The number of thiophene rings is 1. The van der Waals surface area contributed by atoms with Gasteiger partial charge in [0.1, 0.15) is 16.1 Å². The fraction of sp³-hybridized carbons (Fsp3) is 0.312. The van der Waals surface area contributed by atoms with Crippen LogP contribution < -0.4 is 5.32 Å². The zero-order chi connectivity index (χ0) is 17.2. The van der Waals surface area contributed by atoms with Gasteiger partial charge in [0, 0.05) is 12.2 Å². The van der Waals surface area contributed by atoms with Gasteiger partial charge in [-0.3, -0.25) is 4.79 Å². The Hall–Kier alpha value is -1.77. The van der Waals surface area contributed by atoms with Crippen LogP contribution in [0.4, 0.5) is 10.1 Å². The van der Waals surface area contributed by atoms with Gasteiger partial charge in [-0.2, -0.15) is 4.31 Å². The maximum atomic E-state index is 13.0. The molecule has 8 heteroatoms. The van der Waals surface area contributed by atoms with Crippen molar-refractivity contribution >= 4 is 33.0 Å². The molecule has 1 aromatic heterocycles. The van der Waals surface area contributed by atoms with Crippen LogP contribution in [0.3, 0.4) is 0 Å². The molecule has 1 N–H and O–H groups in total. The first-order valence-electron chi connectivity index (χ1n) is 7.60. The van der Waals surface area contributed by atoms with Crippen LogP contribution in [0.5, 0.6) is 0 Å². The summed E-state index contributed by atoms with van der Waals surface area (Å²) in [6.07, 6.45) is 1.99. The monoisotopic (exact) mass is 368 g/mol. The minimum absolute atomic E-state index is 0.240. The molecule has 0 aliphatic carbocycles. The number of sulfonamides is 1. The maximum absolute atomic E-state index is 13.0. The van der Waals surface area contributed by atoms with Gasteiger partial charge < -0.3 is 5.32 Å². The predicted molar refractivity (Wildman–Crippen MR) is 90.9 cm³/mol. The van der Waals surface area contributed by atoms with Crippen molar-refractivity contribution in [2.75, 3.05) is 11.9 Å². The highest BCUT2D eigenvalue weighted by Crippen LogP contribution is 2.28. The van der Waals surface area contributed by atoms with Crippen molar-refractivity contribution in [3.63, 3.8) is 0 Å². The number of amides is 1. The highest BCUT2D eigenvalue weighted by atomic mass is 32.2. The third-order valence-corrected chi connectivity index (χ3v) is 7.21. The summed E-state index contributed by atoms with van der Waals surface area (Å²) in [5, 5.41) is 4.38. The number of anilines is 1. The number of halogens is 1. The summed E-state index contributed by atoms with van der Waals surface area (Å²) in [5.41, 5.74) is 0.445. The smallest absolute Gasteiger partial charge is 0.253 e. The summed E-state index contributed by atoms with van der Waals surface area (Å²) in [7, 11) is -3.68. The molecule has 128 valence electrons. The molecule has 0 unspecified atom stereocenters. The molecule has 3 rings (SSSR count). The Morgan fingerprint density at radius 3 is 2.62 bits per heavy atom. The van der Waals surface area contributed by atoms with Crippen LogP contribution in [-0.4, -0.2) is 31.2 Å². The van der Waals surface area contributed by atoms with Gasteiger partial charge in [-0.05, 0) is 48.6 Å². The highest BCUT2D eigenvalue weighted by Gasteiger charge is 2.38. The number of hydrogen-bond acceptors (Lipinski definition) is 4. The van der Waals surface area contributed by atoms with E-state index in [4.69, 9.17) is 0 Å². The molecule has 0 bridgehead atoms. The second-order valence-electron chi connectivity index (χ2n) is 5.56. The Morgan fingerprint density at radius 1 is 1.21 bits per heavy atom. The van der Waals surface area contributed by atoms with Gasteiger partial charge in [0.2, 0.25) is 5.91 Å². The number of piperidine rings is 1. The number of carbonyl (C=O) groups is 1. The Labute approximate surface area is 144 Å². The summed E-state index contributed by atoms with van der Waals surface area (Å²) in [6, 6.07) is 7.87. The van der Waals surface area contributed by atoms with Crippen molar-refractivity contribution in [2.45, 2.75) is 29.5 Å². The van der Waals surface area contributed by atoms with E-state index in [1.165, 1.54) is 28.6 Å². The zero-order valence-electron chi connectivity index (χ0n) is 12.8. The molecule has 0 spiro atoms. The average molecular weight is 368 g/mol. The van der Waals surface area contributed by atoms with Gasteiger partial charge in [-0.15, -0.1) is 11.3 Å². The largest absolute Gasteiger partial charge is 0.325 e. The van der Waals surface area contributed by atoms with E-state index >= 15 is 0 Å². The minimum Gasteiger partial charge on any atom is -0.325 e. The number of nitrogens with zero attached hydrogens (tertiary/aromatic N) is 1. The molecule has 5 nitrogen and oxygen atoms in total. The van der Waals surface area contributed by atoms with E-state index in [0.29, 0.717) is 18.7 Å². The minimum atomic E-state index is -3.68. The van der Waals surface area contributed by atoms with E-state index in [2.05, 4.69) is 5.32 Å². The molecule has 1 saturated heterocycles. The number of rotatable bonds is 4. The van der Waals surface area contributed by atoms with Crippen molar-refractivity contribution in [1.29, 1.82) is 0 Å². The number of nitrogens with one attached hydrogen (secondary N) is 1. The molecule has 1 aliphatic heterocycles. The molecule has 1 fully saturated rings. The Balaban J connectivity index is 1.81. The fourth-order valence-corrected chi connectivity index (χ4v) is 5.52. The van der Waals surface area contributed by atoms with Crippen molar-refractivity contribution in [2.24, 2.45) is 0 Å². The van der Waals surface area contributed by atoms with Gasteiger partial charge in [-0.25, -0.2) is 12.8 Å². The van der Waals surface area contributed by atoms with Crippen molar-refractivity contribution in [3.8, 4) is 0 Å². The summed E-state index contributed by atoms with van der Waals surface area (Å²) < 4.78 is 40.0. The Kier molecular flexibility index (Phi) is 4.98. The average Bonchev–Trinajstić information content (AvgIpc) is 3.12. The maximum Gasteiger partial charge on any atom is 0.253 e. The van der Waals surface area contributed by atoms with Crippen LogP contribution in [0.2, 0.25) is 0 Å². The molecule has 1 atom stereocenters. The van der Waals surface area contributed by atoms with Crippen LogP contribution in [-0.2, 0) is 14.8 Å². The normalized spacial score (nSPS) is 19.1. The van der Waals surface area contributed by atoms with Gasteiger partial charge in [0.15, 0.2) is 0 Å². The van der Waals surface area contributed by atoms with E-state index in [0.717, 1.165) is 24.2 Å². The summed E-state index contributed by atoms with van der Waals surface area (Å²) >= 11 is 1.14. The zero-order valence-corrected chi connectivity index (χ0v) is 14.4. The lowest BCUT2D eigenvalue weighted by Crippen LogP contribution is -2.49. The highest BCUT2D eigenvalue weighted by molar-refractivity contribution is 7.91. The third-order valence-electron chi connectivity index (χ3n) is 3.93. The number of benzene rings is 1. The van der Waals surface area contributed by atoms with Gasteiger partial charge in [-0.1, -0.05) is 12.5 Å². The topological polar surface area (TPSA) is 66.5 Å². The van der Waals surface area contributed by atoms with Crippen molar-refractivity contribution in [3.05, 3.63) is 47.6 Å². The summed E-state index contributed by atoms with van der Waals surface area (Å²) in [5.74, 6) is -0.783. The lowest BCUT2D eigenvalue weighted by atomic mass is 10.0. The molecule has 1 aliphatic rings. The first-order valence-corrected chi connectivity index (χ1v) is 9.92. The van der Waals surface area contributed by atoms with Gasteiger partial charge in [0.25, 0.3) is 10.0 Å². The van der Waals surface area contributed by atoms with Crippen LogP contribution in [0.15, 0.2) is 46.0 Å². The van der Waals surface area contributed by atoms with E-state index in [1.807, 2.05) is 0 Å². The molecule has 2 heterocycles. The fourth-order valence-electron chi connectivity index (χ4n) is 2.74. The molecule has 1 amide bonds. The summed E-state index contributed by atoms with van der Waals surface area (Å²) in [6.45, 7) is 0.321. The standard InChI is InChI=1S/C16H17FN2O3S2/c17-12-6-8-13(9-7-12)18-16(20)14-4-1-2-10-19(14)24(21,22)15-5-3-11-23-15/h3,5-9,11,14H,1-2,4,10H2,(H,18,20)/t14-/m0/s1. The van der Waals surface area contributed by atoms with Crippen LogP contribution >= 0.6 is 11.3 Å². The molecule has 0 radical (unpaired) electrons. The van der Waals surface area contributed by atoms with E-state index < -0.39 is 21.9 Å². The van der Waals surface area contributed by atoms with Crippen LogP contribution in [0.25, 0.3) is 0 Å². The van der Waals surface area contributed by atoms with E-state index in [9.17, 15) is 17.6 Å². The molecule has 24 heavy (non-hydrogen) atoms. The summed E-state index contributed by atoms with van der Waals surface area (Å²) in [4.78, 5) is 12.6. The molecule has 2 aromatic rings. The van der Waals surface area contributed by atoms with Crippen LogP contribution in [0, 0.1) is 5.82 Å². The lowest BCUT2D eigenvalue weighted by molar-refractivity contribution is -0.120. The quantitative estimate of drug-likeness (QED) is 0.902.